The van der Waals surface area contributed by atoms with Gasteiger partial charge in [-0.1, -0.05) is 6.07 Å². The zero-order valence-corrected chi connectivity index (χ0v) is 18.7. The van der Waals surface area contributed by atoms with Crippen LogP contribution in [0.15, 0.2) is 72.0 Å². The molecule has 0 saturated heterocycles. The maximum atomic E-state index is 12.5. The van der Waals surface area contributed by atoms with Crippen LogP contribution in [0.3, 0.4) is 0 Å². The van der Waals surface area contributed by atoms with Gasteiger partial charge in [-0.05, 0) is 69.5 Å². The van der Waals surface area contributed by atoms with E-state index in [4.69, 9.17) is 0 Å². The van der Waals surface area contributed by atoms with E-state index in [1.54, 1.807) is 36.7 Å². The number of anilines is 2. The van der Waals surface area contributed by atoms with Gasteiger partial charge < -0.3 is 10.2 Å². The topological polar surface area (TPSA) is 105 Å². The minimum absolute atomic E-state index is 0.216. The molecule has 0 unspecified atom stereocenters. The molecule has 0 aliphatic heterocycles. The van der Waals surface area contributed by atoms with Gasteiger partial charge >= 0.3 is 0 Å². The summed E-state index contributed by atoms with van der Waals surface area (Å²) in [6.45, 7) is 1.21. The van der Waals surface area contributed by atoms with Crippen molar-refractivity contribution in [3.8, 4) is 11.4 Å². The molecule has 10 heteroatoms. The molecule has 0 bridgehead atoms. The van der Waals surface area contributed by atoms with Crippen molar-refractivity contribution in [2.45, 2.75) is 11.3 Å². The molecular weight excluding hydrogens is 426 g/mol. The Kier molecular flexibility index (Phi) is 6.45. The molecule has 0 aliphatic rings. The van der Waals surface area contributed by atoms with Gasteiger partial charge in [0.05, 0.1) is 22.5 Å². The highest BCUT2D eigenvalue weighted by atomic mass is 32.2. The van der Waals surface area contributed by atoms with Crippen molar-refractivity contribution < 1.29 is 8.42 Å². The van der Waals surface area contributed by atoms with Crippen molar-refractivity contribution in [3.05, 3.63) is 67.1 Å². The summed E-state index contributed by atoms with van der Waals surface area (Å²) in [5.41, 5.74) is 3.10. The zero-order chi connectivity index (χ0) is 22.6. The Bertz CT molecular complexity index is 1300. The van der Waals surface area contributed by atoms with Crippen LogP contribution < -0.4 is 10.0 Å². The highest BCUT2D eigenvalue weighted by Crippen LogP contribution is 2.21. The Labute approximate surface area is 187 Å². The summed E-state index contributed by atoms with van der Waals surface area (Å²) in [5.74, 6) is 0.408. The summed E-state index contributed by atoms with van der Waals surface area (Å²) in [7, 11) is 0.369. The predicted octanol–water partition coefficient (Wildman–Crippen LogP) is 2.76. The average Bonchev–Trinajstić information content (AvgIpc) is 3.21. The Morgan fingerprint density at radius 3 is 2.62 bits per heavy atom. The van der Waals surface area contributed by atoms with E-state index in [1.807, 2.05) is 53.9 Å². The number of imidazole rings is 1. The Balaban J connectivity index is 1.45. The first-order valence-corrected chi connectivity index (χ1v) is 11.7. The summed E-state index contributed by atoms with van der Waals surface area (Å²) in [6.07, 6.45) is 6.11. The number of sulfonamides is 1. The summed E-state index contributed by atoms with van der Waals surface area (Å²) in [6, 6.07) is 14.1. The number of benzene rings is 1. The van der Waals surface area contributed by atoms with E-state index in [9.17, 15) is 8.42 Å². The first-order chi connectivity index (χ1) is 15.4. The fraction of sp³-hybridized carbons (Fsp3) is 0.227. The fourth-order valence-electron chi connectivity index (χ4n) is 3.22. The van der Waals surface area contributed by atoms with Gasteiger partial charge in [0.15, 0.2) is 0 Å². The van der Waals surface area contributed by atoms with E-state index >= 15 is 0 Å². The Hall–Kier alpha value is -3.34. The van der Waals surface area contributed by atoms with Gasteiger partial charge in [-0.15, -0.1) is 0 Å². The van der Waals surface area contributed by atoms with Crippen molar-refractivity contribution in [1.29, 1.82) is 0 Å². The van der Waals surface area contributed by atoms with E-state index in [2.05, 4.69) is 25.0 Å². The summed E-state index contributed by atoms with van der Waals surface area (Å²) < 4.78 is 29.5. The molecule has 0 amide bonds. The third-order valence-electron chi connectivity index (χ3n) is 4.83. The van der Waals surface area contributed by atoms with Crippen molar-refractivity contribution in [3.63, 3.8) is 0 Å². The van der Waals surface area contributed by atoms with Crippen LogP contribution in [-0.4, -0.2) is 59.9 Å². The molecule has 0 fully saturated rings. The van der Waals surface area contributed by atoms with E-state index in [0.29, 0.717) is 18.2 Å². The quantitative estimate of drug-likeness (QED) is 0.377. The molecule has 3 heterocycles. The molecule has 166 valence electrons. The molecule has 0 aliphatic carbocycles. The van der Waals surface area contributed by atoms with Crippen LogP contribution >= 0.6 is 0 Å². The van der Waals surface area contributed by atoms with Gasteiger partial charge in [0.2, 0.25) is 16.0 Å². The maximum absolute atomic E-state index is 12.5. The van der Waals surface area contributed by atoms with Gasteiger partial charge in [-0.3, -0.25) is 4.40 Å². The van der Waals surface area contributed by atoms with Gasteiger partial charge in [0, 0.05) is 24.6 Å². The number of hydrogen-bond donors (Lipinski definition) is 2. The van der Waals surface area contributed by atoms with Crippen LogP contribution in [0.4, 0.5) is 11.6 Å². The van der Waals surface area contributed by atoms with Crippen molar-refractivity contribution in [1.82, 2.24) is 29.0 Å². The fourth-order valence-corrected chi connectivity index (χ4v) is 4.29. The molecule has 9 nitrogen and oxygen atoms in total. The molecule has 0 radical (unpaired) electrons. The van der Waals surface area contributed by atoms with Gasteiger partial charge in [-0.2, -0.15) is 0 Å². The second-order valence-corrected chi connectivity index (χ2v) is 9.31. The first kappa shape index (κ1) is 21.9. The maximum Gasteiger partial charge on any atom is 0.240 e. The zero-order valence-electron chi connectivity index (χ0n) is 17.9. The minimum atomic E-state index is -3.54. The molecular formula is C22H25N7O2S. The molecule has 0 atom stereocenters. The second-order valence-electron chi connectivity index (χ2n) is 7.54. The highest BCUT2D eigenvalue weighted by Gasteiger charge is 2.13. The molecule has 4 aromatic rings. The standard InChI is InChI=1S/C22H25N7O2S/c1-28(2)14-5-12-25-32(30,31)18-9-7-17(8-10-18)26-22-23-13-11-19(27-22)20-16-24-21-6-3-4-15-29(20)21/h3-4,6-11,13,15-16,25H,5,12,14H2,1-2H3,(H,23,26,27). The lowest BCUT2D eigenvalue weighted by atomic mass is 10.3. The number of hydrogen-bond acceptors (Lipinski definition) is 7. The number of aromatic nitrogens is 4. The number of nitrogens with zero attached hydrogens (tertiary/aromatic N) is 5. The number of rotatable bonds is 9. The molecule has 4 rings (SSSR count). The van der Waals surface area contributed by atoms with Crippen molar-refractivity contribution >= 4 is 27.3 Å². The smallest absolute Gasteiger partial charge is 0.240 e. The molecule has 3 aromatic heterocycles. The van der Waals surface area contributed by atoms with Crippen molar-refractivity contribution in [2.75, 3.05) is 32.5 Å². The molecule has 32 heavy (non-hydrogen) atoms. The second kappa shape index (κ2) is 9.43. The van der Waals surface area contributed by atoms with Crippen LogP contribution in [0.25, 0.3) is 17.0 Å². The third kappa shape index (κ3) is 5.10. The van der Waals surface area contributed by atoms with Crippen LogP contribution in [0.5, 0.6) is 0 Å². The Morgan fingerprint density at radius 2 is 1.84 bits per heavy atom. The monoisotopic (exact) mass is 451 g/mol. The predicted molar refractivity (Wildman–Crippen MR) is 124 cm³/mol. The SMILES string of the molecule is CN(C)CCCNS(=O)(=O)c1ccc(Nc2nccc(-c3cnc4ccccn34)n2)cc1. The lowest BCUT2D eigenvalue weighted by molar-refractivity contribution is 0.400. The lowest BCUT2D eigenvalue weighted by Gasteiger charge is -2.11. The van der Waals surface area contributed by atoms with Crippen LogP contribution in [0, 0.1) is 0 Å². The van der Waals surface area contributed by atoms with Crippen LogP contribution in [0.2, 0.25) is 0 Å². The summed E-state index contributed by atoms with van der Waals surface area (Å²) in [4.78, 5) is 15.5. The number of nitrogens with one attached hydrogen (secondary N) is 2. The van der Waals surface area contributed by atoms with Gasteiger partial charge in [-0.25, -0.2) is 28.1 Å². The highest BCUT2D eigenvalue weighted by molar-refractivity contribution is 7.89. The largest absolute Gasteiger partial charge is 0.324 e. The molecule has 2 N–H and O–H groups in total. The average molecular weight is 452 g/mol. The number of pyridine rings is 1. The third-order valence-corrected chi connectivity index (χ3v) is 6.31. The van der Waals surface area contributed by atoms with Crippen LogP contribution in [-0.2, 0) is 10.0 Å². The minimum Gasteiger partial charge on any atom is -0.324 e. The molecule has 0 saturated carbocycles. The van der Waals surface area contributed by atoms with Gasteiger partial charge in [0.1, 0.15) is 5.65 Å². The van der Waals surface area contributed by atoms with E-state index < -0.39 is 10.0 Å². The van der Waals surface area contributed by atoms with E-state index in [1.165, 1.54) is 0 Å². The Morgan fingerprint density at radius 1 is 1.03 bits per heavy atom. The molecule has 0 spiro atoms. The van der Waals surface area contributed by atoms with Crippen LogP contribution in [0.1, 0.15) is 6.42 Å². The normalized spacial score (nSPS) is 11.8. The first-order valence-electron chi connectivity index (χ1n) is 10.2. The number of fused-ring (bicyclic) bond motifs is 1. The van der Waals surface area contributed by atoms with Gasteiger partial charge in [0.25, 0.3) is 0 Å². The van der Waals surface area contributed by atoms with E-state index in [-0.39, 0.29) is 4.90 Å². The van der Waals surface area contributed by atoms with Crippen molar-refractivity contribution in [2.24, 2.45) is 0 Å². The lowest BCUT2D eigenvalue weighted by Crippen LogP contribution is -2.27. The summed E-state index contributed by atoms with van der Waals surface area (Å²) >= 11 is 0. The molecule has 1 aromatic carbocycles. The summed E-state index contributed by atoms with van der Waals surface area (Å²) in [5, 5.41) is 3.13. The van der Waals surface area contributed by atoms with E-state index in [0.717, 1.165) is 30.0 Å².